The van der Waals surface area contributed by atoms with Crippen molar-refractivity contribution in [1.29, 1.82) is 0 Å². The van der Waals surface area contributed by atoms with Gasteiger partial charge < -0.3 is 10.2 Å². The van der Waals surface area contributed by atoms with Crippen LogP contribution in [0, 0.1) is 6.92 Å². The molecule has 0 radical (unpaired) electrons. The maximum atomic E-state index is 13.0. The monoisotopic (exact) mass is 409 g/mol. The molecule has 29 heavy (non-hydrogen) atoms. The van der Waals surface area contributed by atoms with Gasteiger partial charge in [-0.15, -0.1) is 0 Å². The quantitative estimate of drug-likeness (QED) is 0.650. The summed E-state index contributed by atoms with van der Waals surface area (Å²) in [4.78, 5) is 20.0. The average molecular weight is 410 g/mol. The smallest absolute Gasteiger partial charge is 0.243 e. The van der Waals surface area contributed by atoms with Crippen LogP contribution >= 0.6 is 11.8 Å². The van der Waals surface area contributed by atoms with Crippen LogP contribution in [-0.2, 0) is 17.6 Å². The van der Waals surface area contributed by atoms with Gasteiger partial charge in [0.15, 0.2) is 5.17 Å². The van der Waals surface area contributed by atoms with E-state index in [0.717, 1.165) is 41.6 Å². The number of carbonyl (C=O) groups excluding carboxylic acids is 1. The Kier molecular flexibility index (Phi) is 7.37. The summed E-state index contributed by atoms with van der Waals surface area (Å²) in [5.41, 5.74) is 5.50. The van der Waals surface area contributed by atoms with E-state index in [1.165, 1.54) is 16.7 Å². The minimum absolute atomic E-state index is 0.0264. The van der Waals surface area contributed by atoms with Gasteiger partial charge in [-0.2, -0.15) is 0 Å². The molecule has 1 amide bonds. The predicted octanol–water partition coefficient (Wildman–Crippen LogP) is 5.57. The number of para-hydroxylation sites is 1. The lowest BCUT2D eigenvalue weighted by Crippen LogP contribution is -2.40. The first kappa shape index (κ1) is 21.4. The fraction of sp³-hybridized carbons (Fsp3) is 0.417. The molecule has 2 aromatic rings. The number of amidine groups is 1. The number of rotatable bonds is 7. The fourth-order valence-electron chi connectivity index (χ4n) is 3.68. The molecule has 1 aliphatic rings. The summed E-state index contributed by atoms with van der Waals surface area (Å²) in [5.74, 6) is 0.999. The van der Waals surface area contributed by atoms with Gasteiger partial charge in [-0.05, 0) is 55.0 Å². The minimum Gasteiger partial charge on any atom is -0.338 e. The Morgan fingerprint density at radius 1 is 1.14 bits per heavy atom. The SMILES string of the molecule is CCc1cccc(CC)c1NC(=O)CN1C(=Nc2cccc(C)c2)SC[C@H]1CC. The predicted molar refractivity (Wildman–Crippen MR) is 125 cm³/mol. The Morgan fingerprint density at radius 2 is 1.83 bits per heavy atom. The molecule has 1 N–H and O–H groups in total. The molecule has 0 unspecified atom stereocenters. The summed E-state index contributed by atoms with van der Waals surface area (Å²) in [6.07, 6.45) is 2.81. The van der Waals surface area contributed by atoms with Crippen LogP contribution in [0.5, 0.6) is 0 Å². The van der Waals surface area contributed by atoms with Gasteiger partial charge in [0.2, 0.25) is 5.91 Å². The lowest BCUT2D eigenvalue weighted by Gasteiger charge is -2.25. The minimum atomic E-state index is 0.0264. The van der Waals surface area contributed by atoms with Crippen molar-refractivity contribution in [2.45, 2.75) is 53.0 Å². The highest BCUT2D eigenvalue weighted by Gasteiger charge is 2.30. The molecule has 4 nitrogen and oxygen atoms in total. The molecule has 1 fully saturated rings. The first-order valence-electron chi connectivity index (χ1n) is 10.5. The van der Waals surface area contributed by atoms with Crippen LogP contribution in [0.4, 0.5) is 11.4 Å². The standard InChI is InChI=1S/C24H31N3OS/c1-5-18-11-9-12-19(6-2)23(18)26-22(28)15-27-21(7-3)16-29-24(27)25-20-13-8-10-17(4)14-20/h8-14,21H,5-7,15-16H2,1-4H3,(H,26,28)/t21-/m1/s1. The van der Waals surface area contributed by atoms with Gasteiger partial charge in [-0.1, -0.05) is 62.9 Å². The molecule has 3 rings (SSSR count). The van der Waals surface area contributed by atoms with Crippen LogP contribution in [0.1, 0.15) is 43.9 Å². The average Bonchev–Trinajstić information content (AvgIpc) is 3.09. The Morgan fingerprint density at radius 3 is 2.45 bits per heavy atom. The second kappa shape index (κ2) is 9.97. The second-order valence-corrected chi connectivity index (χ2v) is 8.43. The van der Waals surface area contributed by atoms with Crippen LogP contribution in [0.25, 0.3) is 0 Å². The number of nitrogens with zero attached hydrogens (tertiary/aromatic N) is 2. The first-order valence-corrected chi connectivity index (χ1v) is 11.5. The van der Waals surface area contributed by atoms with Gasteiger partial charge in [0.05, 0.1) is 12.2 Å². The summed E-state index contributed by atoms with van der Waals surface area (Å²) in [6.45, 7) is 8.83. The summed E-state index contributed by atoms with van der Waals surface area (Å²) >= 11 is 1.74. The third-order valence-corrected chi connectivity index (χ3v) is 6.50. The van der Waals surface area contributed by atoms with Crippen LogP contribution in [0.3, 0.4) is 0 Å². The summed E-state index contributed by atoms with van der Waals surface area (Å²) in [7, 11) is 0. The van der Waals surface area contributed by atoms with E-state index in [4.69, 9.17) is 4.99 Å². The highest BCUT2D eigenvalue weighted by atomic mass is 32.2. The van der Waals surface area contributed by atoms with E-state index in [1.807, 2.05) is 12.1 Å². The normalized spacial score (nSPS) is 17.7. The largest absolute Gasteiger partial charge is 0.338 e. The molecule has 5 heteroatoms. The van der Waals surface area contributed by atoms with E-state index in [2.05, 4.69) is 68.2 Å². The number of amides is 1. The summed E-state index contributed by atoms with van der Waals surface area (Å²) in [6, 6.07) is 14.8. The molecular weight excluding hydrogens is 378 g/mol. The second-order valence-electron chi connectivity index (χ2n) is 7.44. The molecule has 2 aromatic carbocycles. The fourth-order valence-corrected chi connectivity index (χ4v) is 4.98. The van der Waals surface area contributed by atoms with Crippen LogP contribution < -0.4 is 5.32 Å². The zero-order valence-corrected chi connectivity index (χ0v) is 18.7. The van der Waals surface area contributed by atoms with Crippen molar-refractivity contribution in [3.8, 4) is 0 Å². The number of anilines is 1. The lowest BCUT2D eigenvalue weighted by molar-refractivity contribution is -0.116. The summed E-state index contributed by atoms with van der Waals surface area (Å²) in [5, 5.41) is 4.14. The zero-order valence-electron chi connectivity index (χ0n) is 17.9. The molecule has 1 saturated heterocycles. The van der Waals surface area contributed by atoms with Gasteiger partial charge in [0.25, 0.3) is 0 Å². The van der Waals surface area contributed by atoms with E-state index in [-0.39, 0.29) is 5.91 Å². The van der Waals surface area contributed by atoms with Crippen LogP contribution in [-0.4, -0.2) is 34.3 Å². The number of benzene rings is 2. The maximum Gasteiger partial charge on any atom is 0.243 e. The topological polar surface area (TPSA) is 44.7 Å². The molecule has 1 heterocycles. The van der Waals surface area contributed by atoms with Crippen LogP contribution in [0.2, 0.25) is 0 Å². The van der Waals surface area contributed by atoms with E-state index in [9.17, 15) is 4.79 Å². The Labute approximate surface area is 178 Å². The molecular formula is C24H31N3OS. The Balaban J connectivity index is 1.80. The number of hydrogen-bond donors (Lipinski definition) is 1. The van der Waals surface area contributed by atoms with Gasteiger partial charge in [-0.25, -0.2) is 4.99 Å². The Bertz CT molecular complexity index is 871. The molecule has 0 aromatic heterocycles. The number of thioether (sulfide) groups is 1. The van der Waals surface area contributed by atoms with Crippen molar-refractivity contribution in [2.24, 2.45) is 4.99 Å². The maximum absolute atomic E-state index is 13.0. The third kappa shape index (κ3) is 5.21. The van der Waals surface area contributed by atoms with Crippen molar-refractivity contribution >= 4 is 34.2 Å². The third-order valence-electron chi connectivity index (χ3n) is 5.37. The first-order chi connectivity index (χ1) is 14.0. The van der Waals surface area contributed by atoms with Gasteiger partial charge >= 0.3 is 0 Å². The van der Waals surface area contributed by atoms with Gasteiger partial charge in [-0.3, -0.25) is 4.79 Å². The van der Waals surface area contributed by atoms with Crippen LogP contribution in [0.15, 0.2) is 47.5 Å². The Hall–Kier alpha value is -2.27. The number of aliphatic imine (C=N–C) groups is 1. The molecule has 0 aliphatic carbocycles. The van der Waals surface area contributed by atoms with Crippen molar-refractivity contribution in [3.05, 3.63) is 59.2 Å². The number of aryl methyl sites for hydroxylation is 3. The zero-order chi connectivity index (χ0) is 20.8. The molecule has 0 bridgehead atoms. The van der Waals surface area contributed by atoms with E-state index >= 15 is 0 Å². The number of carbonyl (C=O) groups is 1. The number of nitrogens with one attached hydrogen (secondary N) is 1. The summed E-state index contributed by atoms with van der Waals surface area (Å²) < 4.78 is 0. The lowest BCUT2D eigenvalue weighted by atomic mass is 10.0. The van der Waals surface area contributed by atoms with E-state index in [0.29, 0.717) is 12.6 Å². The van der Waals surface area contributed by atoms with E-state index < -0.39 is 0 Å². The number of hydrogen-bond acceptors (Lipinski definition) is 3. The molecule has 154 valence electrons. The van der Waals surface area contributed by atoms with E-state index in [1.54, 1.807) is 11.8 Å². The molecule has 1 atom stereocenters. The molecule has 0 saturated carbocycles. The van der Waals surface area contributed by atoms with Crippen molar-refractivity contribution < 1.29 is 4.79 Å². The van der Waals surface area contributed by atoms with Gasteiger partial charge in [0.1, 0.15) is 0 Å². The van der Waals surface area contributed by atoms with Crippen molar-refractivity contribution in [1.82, 2.24) is 4.90 Å². The highest BCUT2D eigenvalue weighted by Crippen LogP contribution is 2.29. The van der Waals surface area contributed by atoms with Gasteiger partial charge in [0, 0.05) is 17.5 Å². The highest BCUT2D eigenvalue weighted by molar-refractivity contribution is 8.14. The van der Waals surface area contributed by atoms with Crippen molar-refractivity contribution in [3.63, 3.8) is 0 Å². The van der Waals surface area contributed by atoms with Crippen molar-refractivity contribution in [2.75, 3.05) is 17.6 Å². The molecule has 1 aliphatic heterocycles. The molecule has 0 spiro atoms.